The molecular weight excluding hydrogens is 430 g/mol. The first-order chi connectivity index (χ1) is 14.8. The van der Waals surface area contributed by atoms with E-state index in [9.17, 15) is 22.0 Å². The van der Waals surface area contributed by atoms with Gasteiger partial charge in [0, 0.05) is 18.7 Å². The van der Waals surface area contributed by atoms with Crippen molar-refractivity contribution in [1.82, 2.24) is 9.79 Å². The predicted octanol–water partition coefficient (Wildman–Crippen LogP) is 2.91. The lowest BCUT2D eigenvalue weighted by Gasteiger charge is -2.33. The zero-order chi connectivity index (χ0) is 22.4. The van der Waals surface area contributed by atoms with Crippen LogP contribution in [0.2, 0.25) is 0 Å². The lowest BCUT2D eigenvalue weighted by molar-refractivity contribution is -0.129. The summed E-state index contributed by atoms with van der Waals surface area (Å²) in [4.78, 5) is 11.7. The number of ether oxygens (including phenoxy) is 1. The predicted molar refractivity (Wildman–Crippen MR) is 108 cm³/mol. The van der Waals surface area contributed by atoms with E-state index in [0.717, 1.165) is 18.2 Å². The van der Waals surface area contributed by atoms with Gasteiger partial charge in [-0.25, -0.2) is 27.0 Å². The minimum atomic E-state index is -3.89. The molecule has 0 unspecified atom stereocenters. The summed E-state index contributed by atoms with van der Waals surface area (Å²) < 4.78 is 60.5. The molecule has 2 aromatic carbocycles. The highest BCUT2D eigenvalue weighted by Gasteiger charge is 2.37. The zero-order valence-corrected chi connectivity index (χ0v) is 17.5. The van der Waals surface area contributed by atoms with Crippen molar-refractivity contribution in [3.8, 4) is 0 Å². The molecule has 3 rings (SSSR count). The second-order valence-electron chi connectivity index (χ2n) is 7.33. The number of sulfonamides is 1. The van der Waals surface area contributed by atoms with Crippen LogP contribution in [0.3, 0.4) is 0 Å². The number of hydroxylamine groups is 1. The second kappa shape index (κ2) is 10.3. The largest absolute Gasteiger partial charge is 0.373 e. The van der Waals surface area contributed by atoms with Gasteiger partial charge < -0.3 is 4.74 Å². The van der Waals surface area contributed by atoms with Crippen molar-refractivity contribution in [3.05, 3.63) is 71.3 Å². The van der Waals surface area contributed by atoms with Gasteiger partial charge in [-0.05, 0) is 36.6 Å². The Balaban J connectivity index is 1.64. The van der Waals surface area contributed by atoms with E-state index in [-0.39, 0.29) is 31.4 Å². The summed E-state index contributed by atoms with van der Waals surface area (Å²) in [7, 11) is -3.89. The number of piperidine rings is 1. The first-order valence-corrected chi connectivity index (χ1v) is 11.3. The summed E-state index contributed by atoms with van der Waals surface area (Å²) in [6.07, 6.45) is 0.0383. The van der Waals surface area contributed by atoms with Gasteiger partial charge in [-0.15, -0.1) is 0 Å². The van der Waals surface area contributed by atoms with Crippen LogP contribution in [0.15, 0.2) is 48.5 Å². The van der Waals surface area contributed by atoms with Crippen molar-refractivity contribution in [1.29, 1.82) is 0 Å². The number of carbonyl (C=O) groups is 1. The molecule has 31 heavy (non-hydrogen) atoms. The minimum Gasteiger partial charge on any atom is -0.373 e. The number of hydrogen-bond acceptors (Lipinski definition) is 5. The molecule has 1 heterocycles. The van der Waals surface area contributed by atoms with Gasteiger partial charge in [0.25, 0.3) is 0 Å². The van der Waals surface area contributed by atoms with Crippen LogP contribution in [-0.2, 0) is 26.2 Å². The summed E-state index contributed by atoms with van der Waals surface area (Å²) in [5, 5.41) is 7.72. The van der Waals surface area contributed by atoms with Gasteiger partial charge in [0.2, 0.25) is 15.9 Å². The van der Waals surface area contributed by atoms with Crippen molar-refractivity contribution in [2.45, 2.75) is 37.2 Å². The molecule has 1 aliphatic rings. The molecule has 1 saturated heterocycles. The third-order valence-electron chi connectivity index (χ3n) is 5.27. The average Bonchev–Trinajstić information content (AvgIpc) is 2.78. The van der Waals surface area contributed by atoms with Gasteiger partial charge in [-0.3, -0.25) is 10.0 Å². The highest BCUT2D eigenvalue weighted by atomic mass is 32.2. The van der Waals surface area contributed by atoms with Crippen LogP contribution >= 0.6 is 0 Å². The lowest BCUT2D eigenvalue weighted by Crippen LogP contribution is -2.43. The molecule has 0 aliphatic carbocycles. The van der Waals surface area contributed by atoms with E-state index in [1.807, 2.05) is 0 Å². The maximum Gasteiger partial charge on any atom is 0.245 e. The first-order valence-electron chi connectivity index (χ1n) is 9.83. The number of hydrogen-bond donors (Lipinski definition) is 2. The van der Waals surface area contributed by atoms with Crippen molar-refractivity contribution in [2.75, 3.05) is 13.1 Å². The molecule has 1 aliphatic heterocycles. The number of benzene rings is 2. The summed E-state index contributed by atoms with van der Waals surface area (Å²) in [6.45, 7) is 0.232. The second-order valence-corrected chi connectivity index (χ2v) is 9.44. The Kier molecular flexibility index (Phi) is 7.71. The number of nitrogens with zero attached hydrogens (tertiary/aromatic N) is 1. The summed E-state index contributed by atoms with van der Waals surface area (Å²) >= 11 is 0. The molecule has 2 N–H and O–H groups in total. The van der Waals surface area contributed by atoms with Gasteiger partial charge >= 0.3 is 0 Å². The van der Waals surface area contributed by atoms with E-state index >= 15 is 0 Å². The molecule has 0 aromatic heterocycles. The van der Waals surface area contributed by atoms with Crippen molar-refractivity contribution in [2.24, 2.45) is 0 Å². The normalized spacial score (nSPS) is 16.7. The molecule has 0 saturated carbocycles. The van der Waals surface area contributed by atoms with Crippen LogP contribution in [0.4, 0.5) is 8.78 Å². The Bertz CT molecular complexity index is 996. The van der Waals surface area contributed by atoms with Crippen LogP contribution in [-0.4, -0.2) is 43.0 Å². The van der Waals surface area contributed by atoms with Crippen LogP contribution in [0.5, 0.6) is 0 Å². The summed E-state index contributed by atoms with van der Waals surface area (Å²) in [5.74, 6) is -1.91. The standard InChI is InChI=1S/C21H24F2N2O5S/c22-17-6-7-19(23)16(12-17)14-30-18-8-10-25(11-9-18)31(28,29)20(13-21(26)24-27)15-4-2-1-3-5-15/h1-7,12,18,20,27H,8-11,13-14H2,(H,24,26)/t20-/m1/s1. The van der Waals surface area contributed by atoms with Crippen LogP contribution < -0.4 is 5.48 Å². The smallest absolute Gasteiger partial charge is 0.245 e. The maximum atomic E-state index is 13.7. The van der Waals surface area contributed by atoms with Crippen LogP contribution in [0, 0.1) is 11.6 Å². The summed E-state index contributed by atoms with van der Waals surface area (Å²) in [5.41, 5.74) is 2.04. The summed E-state index contributed by atoms with van der Waals surface area (Å²) in [6, 6.07) is 11.5. The van der Waals surface area contributed by atoms with Gasteiger partial charge in [0.05, 0.1) is 19.1 Å². The Labute approximate surface area is 179 Å². The number of carbonyl (C=O) groups excluding carboxylic acids is 1. The lowest BCUT2D eigenvalue weighted by atomic mass is 10.1. The SMILES string of the molecule is O=C(C[C@H](c1ccccc1)S(=O)(=O)N1CCC(OCc2cc(F)ccc2F)CC1)NO. The maximum absolute atomic E-state index is 13.7. The molecule has 7 nitrogen and oxygen atoms in total. The van der Waals surface area contributed by atoms with Crippen LogP contribution in [0.1, 0.15) is 35.6 Å². The number of nitrogens with one attached hydrogen (secondary N) is 1. The van der Waals surface area contributed by atoms with Crippen molar-refractivity contribution in [3.63, 3.8) is 0 Å². The van der Waals surface area contributed by atoms with Gasteiger partial charge in [0.15, 0.2) is 0 Å². The molecule has 10 heteroatoms. The highest BCUT2D eigenvalue weighted by molar-refractivity contribution is 7.89. The van der Waals surface area contributed by atoms with Gasteiger partial charge in [0.1, 0.15) is 16.9 Å². The third kappa shape index (κ3) is 5.85. The molecule has 2 aromatic rings. The average molecular weight is 454 g/mol. The number of halogens is 2. The van der Waals surface area contributed by atoms with Gasteiger partial charge in [-0.1, -0.05) is 30.3 Å². The molecule has 0 spiro atoms. The Morgan fingerprint density at radius 1 is 1.16 bits per heavy atom. The molecule has 0 bridgehead atoms. The van der Waals surface area contributed by atoms with E-state index < -0.39 is 39.2 Å². The fraction of sp³-hybridized carbons (Fsp3) is 0.381. The third-order valence-corrected chi connectivity index (χ3v) is 7.51. The number of amides is 1. The fourth-order valence-corrected chi connectivity index (χ4v) is 5.51. The van der Waals surface area contributed by atoms with Gasteiger partial charge in [-0.2, -0.15) is 0 Å². The molecule has 1 amide bonds. The topological polar surface area (TPSA) is 95.9 Å². The van der Waals surface area contributed by atoms with E-state index in [2.05, 4.69) is 0 Å². The Morgan fingerprint density at radius 2 is 1.84 bits per heavy atom. The van der Waals surface area contributed by atoms with Crippen molar-refractivity contribution < 1.29 is 31.9 Å². The highest BCUT2D eigenvalue weighted by Crippen LogP contribution is 2.31. The first kappa shape index (κ1) is 23.3. The van der Waals surface area contributed by atoms with E-state index in [1.165, 1.54) is 9.79 Å². The molecule has 0 radical (unpaired) electrons. The minimum absolute atomic E-state index is 0.106. The monoisotopic (exact) mass is 454 g/mol. The molecular formula is C21H24F2N2O5S. The molecule has 1 atom stereocenters. The zero-order valence-electron chi connectivity index (χ0n) is 16.7. The van der Waals surface area contributed by atoms with E-state index in [4.69, 9.17) is 9.94 Å². The molecule has 1 fully saturated rings. The van der Waals surface area contributed by atoms with Crippen LogP contribution in [0.25, 0.3) is 0 Å². The molecule has 168 valence electrons. The fourth-order valence-electron chi connectivity index (χ4n) is 3.57. The van der Waals surface area contributed by atoms with Crippen molar-refractivity contribution >= 4 is 15.9 Å². The van der Waals surface area contributed by atoms with E-state index in [1.54, 1.807) is 30.3 Å². The Morgan fingerprint density at radius 3 is 2.48 bits per heavy atom. The van der Waals surface area contributed by atoms with E-state index in [0.29, 0.717) is 18.4 Å². The quantitative estimate of drug-likeness (QED) is 0.472. The number of rotatable bonds is 8. The Hall–Kier alpha value is -2.40.